The smallest absolute Gasteiger partial charge is 0.164 e. The Hall–Kier alpha value is -1.36. The van der Waals surface area contributed by atoms with E-state index in [1.165, 1.54) is 0 Å². The van der Waals surface area contributed by atoms with E-state index in [0.717, 1.165) is 5.56 Å². The molecule has 0 bridgehead atoms. The topological polar surface area (TPSA) is 36.9 Å². The fraction of sp³-hybridized carbons (Fsp3) is 0.500. The van der Waals surface area contributed by atoms with Gasteiger partial charge < -0.3 is 18.9 Å². The highest BCUT2D eigenvalue weighted by molar-refractivity contribution is 5.14. The number of ether oxygens (including phenoxy) is 4. The molecule has 0 aliphatic carbocycles. The second kappa shape index (κ2) is 5.20. The van der Waals surface area contributed by atoms with Crippen LogP contribution in [0.2, 0.25) is 0 Å². The van der Waals surface area contributed by atoms with Crippen LogP contribution in [0.5, 0.6) is 0 Å². The lowest BCUT2D eigenvalue weighted by Gasteiger charge is -2.33. The third-order valence-corrected chi connectivity index (χ3v) is 3.54. The second-order valence-electron chi connectivity index (χ2n) is 5.63. The van der Waals surface area contributed by atoms with Crippen LogP contribution in [0.25, 0.3) is 0 Å². The van der Waals surface area contributed by atoms with Gasteiger partial charge in [-0.2, -0.15) is 0 Å². The van der Waals surface area contributed by atoms with E-state index in [1.807, 2.05) is 44.2 Å². The van der Waals surface area contributed by atoms with E-state index in [0.29, 0.717) is 19.0 Å². The van der Waals surface area contributed by atoms with Gasteiger partial charge in [0, 0.05) is 0 Å². The molecular formula is C16H20O4. The summed E-state index contributed by atoms with van der Waals surface area (Å²) in [5, 5.41) is 0. The zero-order chi connectivity index (χ0) is 14.2. The normalized spacial score (nSPS) is 31.7. The Labute approximate surface area is 119 Å². The maximum Gasteiger partial charge on any atom is 0.164 e. The molecule has 4 nitrogen and oxygen atoms in total. The van der Waals surface area contributed by atoms with Crippen LogP contribution in [0.3, 0.4) is 0 Å². The van der Waals surface area contributed by atoms with Crippen molar-refractivity contribution in [1.29, 1.82) is 0 Å². The molecule has 0 N–H and O–H groups in total. The molecule has 2 aliphatic heterocycles. The zero-order valence-electron chi connectivity index (χ0n) is 11.9. The van der Waals surface area contributed by atoms with Gasteiger partial charge in [-0.05, 0) is 19.4 Å². The summed E-state index contributed by atoms with van der Waals surface area (Å²) in [6.45, 7) is 8.71. The Morgan fingerprint density at radius 3 is 2.75 bits per heavy atom. The van der Waals surface area contributed by atoms with Gasteiger partial charge in [0.2, 0.25) is 0 Å². The average molecular weight is 276 g/mol. The number of hydrogen-bond donors (Lipinski definition) is 0. The van der Waals surface area contributed by atoms with Crippen molar-refractivity contribution >= 4 is 0 Å². The standard InChI is InChI=1S/C16H20O4/c1-11-14(18-9-12-7-5-4-6-8-12)15-13(10-17-11)19-16(2,3)20-15/h4-8,13-15H,1,9-10H2,2-3H3/t13-,14-,15-/m0/s1. The van der Waals surface area contributed by atoms with Crippen LogP contribution in [0.1, 0.15) is 19.4 Å². The van der Waals surface area contributed by atoms with Gasteiger partial charge in [-0.15, -0.1) is 0 Å². The molecule has 2 heterocycles. The van der Waals surface area contributed by atoms with Crippen LogP contribution in [-0.4, -0.2) is 30.7 Å². The summed E-state index contributed by atoms with van der Waals surface area (Å²) in [5.41, 5.74) is 1.11. The van der Waals surface area contributed by atoms with Crippen LogP contribution in [-0.2, 0) is 25.6 Å². The summed E-state index contributed by atoms with van der Waals surface area (Å²) in [5.74, 6) is 0.0148. The molecule has 2 aliphatic rings. The lowest BCUT2D eigenvalue weighted by molar-refractivity contribution is -0.155. The molecule has 4 heteroatoms. The van der Waals surface area contributed by atoms with Crippen LogP contribution in [0, 0.1) is 0 Å². The van der Waals surface area contributed by atoms with Crippen molar-refractivity contribution in [3.8, 4) is 0 Å². The third kappa shape index (κ3) is 2.73. The van der Waals surface area contributed by atoms with E-state index in [2.05, 4.69) is 6.58 Å². The maximum atomic E-state index is 5.96. The summed E-state index contributed by atoms with van der Waals surface area (Å²) in [4.78, 5) is 0. The zero-order valence-corrected chi connectivity index (χ0v) is 11.9. The van der Waals surface area contributed by atoms with Crippen LogP contribution >= 0.6 is 0 Å². The lowest BCUT2D eigenvalue weighted by Crippen LogP contribution is -2.45. The molecule has 0 aromatic heterocycles. The van der Waals surface area contributed by atoms with Gasteiger partial charge in [0.1, 0.15) is 30.7 Å². The first-order valence-corrected chi connectivity index (χ1v) is 6.88. The first-order chi connectivity index (χ1) is 9.55. The van der Waals surface area contributed by atoms with Crippen molar-refractivity contribution in [2.45, 2.75) is 44.6 Å². The fourth-order valence-electron chi connectivity index (χ4n) is 2.65. The third-order valence-electron chi connectivity index (χ3n) is 3.54. The van der Waals surface area contributed by atoms with E-state index in [1.54, 1.807) is 0 Å². The number of fused-ring (bicyclic) bond motifs is 1. The summed E-state index contributed by atoms with van der Waals surface area (Å²) in [6.07, 6.45) is -0.554. The van der Waals surface area contributed by atoms with Crippen molar-refractivity contribution in [1.82, 2.24) is 0 Å². The molecule has 0 saturated carbocycles. The fourth-order valence-corrected chi connectivity index (χ4v) is 2.65. The molecule has 0 amide bonds. The van der Waals surface area contributed by atoms with Gasteiger partial charge >= 0.3 is 0 Å². The minimum absolute atomic E-state index is 0.101. The predicted molar refractivity (Wildman–Crippen MR) is 73.9 cm³/mol. The summed E-state index contributed by atoms with van der Waals surface area (Å²) in [6, 6.07) is 10.0. The van der Waals surface area contributed by atoms with Gasteiger partial charge in [0.05, 0.1) is 6.61 Å². The molecule has 3 atom stereocenters. The van der Waals surface area contributed by atoms with Gasteiger partial charge in [-0.3, -0.25) is 0 Å². The van der Waals surface area contributed by atoms with Gasteiger partial charge in [-0.25, -0.2) is 0 Å². The van der Waals surface area contributed by atoms with E-state index in [-0.39, 0.29) is 18.3 Å². The Morgan fingerprint density at radius 1 is 1.25 bits per heavy atom. The molecule has 108 valence electrons. The second-order valence-corrected chi connectivity index (χ2v) is 5.63. The summed E-state index contributed by atoms with van der Waals surface area (Å²) < 4.78 is 23.3. The summed E-state index contributed by atoms with van der Waals surface area (Å²) >= 11 is 0. The quantitative estimate of drug-likeness (QED) is 0.850. The molecule has 3 rings (SSSR count). The van der Waals surface area contributed by atoms with Crippen molar-refractivity contribution in [2.75, 3.05) is 6.61 Å². The maximum absolute atomic E-state index is 5.96. The molecule has 2 fully saturated rings. The molecular weight excluding hydrogens is 256 g/mol. The van der Waals surface area contributed by atoms with Crippen molar-refractivity contribution in [2.24, 2.45) is 0 Å². The molecule has 2 saturated heterocycles. The summed E-state index contributed by atoms with van der Waals surface area (Å²) in [7, 11) is 0. The average Bonchev–Trinajstić information content (AvgIpc) is 2.73. The SMILES string of the molecule is C=C1OC[C@@H]2OC(C)(C)O[C@@H]2[C@H]1OCc1ccccc1. The van der Waals surface area contributed by atoms with E-state index in [4.69, 9.17) is 18.9 Å². The number of rotatable bonds is 3. The molecule has 0 unspecified atom stereocenters. The van der Waals surface area contributed by atoms with E-state index in [9.17, 15) is 0 Å². The Morgan fingerprint density at radius 2 is 2.00 bits per heavy atom. The molecule has 0 radical (unpaired) electrons. The van der Waals surface area contributed by atoms with Gasteiger partial charge in [-0.1, -0.05) is 36.9 Å². The Kier molecular flexibility index (Phi) is 3.54. The van der Waals surface area contributed by atoms with Gasteiger partial charge in [0.15, 0.2) is 5.79 Å². The highest BCUT2D eigenvalue weighted by Gasteiger charge is 2.49. The molecule has 20 heavy (non-hydrogen) atoms. The van der Waals surface area contributed by atoms with Crippen LogP contribution in [0.15, 0.2) is 42.7 Å². The van der Waals surface area contributed by atoms with E-state index >= 15 is 0 Å². The minimum Gasteiger partial charge on any atom is -0.493 e. The number of benzene rings is 1. The molecule has 0 spiro atoms. The van der Waals surface area contributed by atoms with Gasteiger partial charge in [0.25, 0.3) is 0 Å². The Balaban J connectivity index is 1.69. The molecule has 1 aromatic carbocycles. The lowest BCUT2D eigenvalue weighted by atomic mass is 10.0. The van der Waals surface area contributed by atoms with Crippen molar-refractivity contribution in [3.05, 3.63) is 48.2 Å². The highest BCUT2D eigenvalue weighted by Crippen LogP contribution is 2.36. The van der Waals surface area contributed by atoms with Crippen molar-refractivity contribution in [3.63, 3.8) is 0 Å². The van der Waals surface area contributed by atoms with Crippen molar-refractivity contribution < 1.29 is 18.9 Å². The molecule has 1 aromatic rings. The van der Waals surface area contributed by atoms with E-state index < -0.39 is 5.79 Å². The first kappa shape index (κ1) is 13.6. The number of hydrogen-bond acceptors (Lipinski definition) is 4. The Bertz CT molecular complexity index is 483. The van der Waals surface area contributed by atoms with Crippen LogP contribution < -0.4 is 0 Å². The minimum atomic E-state index is -0.600. The monoisotopic (exact) mass is 276 g/mol. The first-order valence-electron chi connectivity index (χ1n) is 6.88. The van der Waals surface area contributed by atoms with Crippen LogP contribution in [0.4, 0.5) is 0 Å². The highest BCUT2D eigenvalue weighted by atomic mass is 16.8. The predicted octanol–water partition coefficient (Wildman–Crippen LogP) is 2.64. The largest absolute Gasteiger partial charge is 0.493 e.